The zero-order valence-corrected chi connectivity index (χ0v) is 14.0. The Morgan fingerprint density at radius 3 is 3.00 bits per heavy atom. The standard InChI is InChI=1S/C17H15N3O3S/c1-3-22-17(21)12-9(2)24-15-13(10-5-4-6-20-8-10)11(7-18)16(19)23-14(12)15/h4-6,8,13H,3,19H2,1-2H3/t13-/m0/s1. The summed E-state index contributed by atoms with van der Waals surface area (Å²) in [5, 5.41) is 9.51. The molecule has 2 aromatic rings. The number of rotatable bonds is 3. The smallest absolute Gasteiger partial charge is 0.343 e. The number of ether oxygens (including phenoxy) is 2. The van der Waals surface area contributed by atoms with Gasteiger partial charge in [0.25, 0.3) is 0 Å². The molecule has 0 bridgehead atoms. The summed E-state index contributed by atoms with van der Waals surface area (Å²) in [6.07, 6.45) is 3.34. The number of fused-ring (bicyclic) bond motifs is 1. The molecule has 7 heteroatoms. The summed E-state index contributed by atoms with van der Waals surface area (Å²) in [6.45, 7) is 3.83. The molecule has 3 rings (SSSR count). The molecule has 0 aromatic carbocycles. The number of pyridine rings is 1. The molecule has 0 aliphatic carbocycles. The minimum atomic E-state index is -0.453. The molecule has 0 amide bonds. The summed E-state index contributed by atoms with van der Waals surface area (Å²) in [4.78, 5) is 17.9. The molecule has 1 aliphatic rings. The van der Waals surface area contributed by atoms with Gasteiger partial charge in [-0.3, -0.25) is 4.98 Å². The van der Waals surface area contributed by atoms with Crippen molar-refractivity contribution in [2.75, 3.05) is 6.61 Å². The normalized spacial score (nSPS) is 16.1. The van der Waals surface area contributed by atoms with Crippen molar-refractivity contribution in [3.63, 3.8) is 0 Å². The van der Waals surface area contributed by atoms with Crippen molar-refractivity contribution in [3.8, 4) is 11.8 Å². The molecule has 122 valence electrons. The van der Waals surface area contributed by atoms with Gasteiger partial charge in [0.15, 0.2) is 5.75 Å². The Morgan fingerprint density at radius 1 is 1.58 bits per heavy atom. The number of carbonyl (C=O) groups is 1. The molecule has 24 heavy (non-hydrogen) atoms. The Labute approximate surface area is 143 Å². The van der Waals surface area contributed by atoms with E-state index in [-0.39, 0.29) is 12.5 Å². The fraction of sp³-hybridized carbons (Fsp3) is 0.235. The maximum Gasteiger partial charge on any atom is 0.343 e. The first-order valence-corrected chi connectivity index (χ1v) is 8.18. The quantitative estimate of drug-likeness (QED) is 0.862. The van der Waals surface area contributed by atoms with Gasteiger partial charge in [-0.2, -0.15) is 5.26 Å². The van der Waals surface area contributed by atoms with Crippen LogP contribution in [0.1, 0.15) is 38.5 Å². The van der Waals surface area contributed by atoms with Crippen molar-refractivity contribution in [1.82, 2.24) is 4.98 Å². The first kappa shape index (κ1) is 16.0. The van der Waals surface area contributed by atoms with Gasteiger partial charge < -0.3 is 15.2 Å². The highest BCUT2D eigenvalue weighted by molar-refractivity contribution is 7.12. The minimum absolute atomic E-state index is 0.00204. The van der Waals surface area contributed by atoms with Crippen LogP contribution in [0.15, 0.2) is 36.0 Å². The van der Waals surface area contributed by atoms with Crippen LogP contribution in [0, 0.1) is 18.3 Å². The van der Waals surface area contributed by atoms with E-state index in [1.807, 2.05) is 13.0 Å². The molecule has 0 saturated heterocycles. The monoisotopic (exact) mass is 341 g/mol. The molecule has 1 atom stereocenters. The second-order valence-electron chi connectivity index (χ2n) is 5.16. The molecule has 0 unspecified atom stereocenters. The van der Waals surface area contributed by atoms with Crippen molar-refractivity contribution in [2.24, 2.45) is 5.73 Å². The number of nitrogens with zero attached hydrogens (tertiary/aromatic N) is 2. The molecule has 0 fully saturated rings. The van der Waals surface area contributed by atoms with Gasteiger partial charge in [-0.25, -0.2) is 4.79 Å². The summed E-state index contributed by atoms with van der Waals surface area (Å²) < 4.78 is 10.7. The van der Waals surface area contributed by atoms with Crippen molar-refractivity contribution >= 4 is 17.3 Å². The summed E-state index contributed by atoms with van der Waals surface area (Å²) in [6, 6.07) is 5.78. The van der Waals surface area contributed by atoms with E-state index in [9.17, 15) is 10.1 Å². The maximum absolute atomic E-state index is 12.3. The topological polar surface area (TPSA) is 98.2 Å². The Balaban J connectivity index is 2.20. The lowest BCUT2D eigenvalue weighted by atomic mass is 9.89. The van der Waals surface area contributed by atoms with Crippen LogP contribution in [0.4, 0.5) is 0 Å². The van der Waals surface area contributed by atoms with Gasteiger partial charge in [-0.1, -0.05) is 6.07 Å². The molecular weight excluding hydrogens is 326 g/mol. The van der Waals surface area contributed by atoms with E-state index in [0.717, 1.165) is 15.3 Å². The highest BCUT2D eigenvalue weighted by Crippen LogP contribution is 2.49. The summed E-state index contributed by atoms with van der Waals surface area (Å²) in [5.74, 6) is -0.478. The number of aromatic nitrogens is 1. The molecule has 1 aliphatic heterocycles. The van der Waals surface area contributed by atoms with Crippen LogP contribution in [0.25, 0.3) is 0 Å². The fourth-order valence-corrected chi connectivity index (χ4v) is 3.92. The van der Waals surface area contributed by atoms with Crippen LogP contribution in [-0.2, 0) is 4.74 Å². The molecule has 6 nitrogen and oxygen atoms in total. The van der Waals surface area contributed by atoms with Crippen molar-refractivity contribution in [2.45, 2.75) is 19.8 Å². The number of allylic oxidation sites excluding steroid dienone is 1. The Hall–Kier alpha value is -2.85. The van der Waals surface area contributed by atoms with Gasteiger partial charge >= 0.3 is 5.97 Å². The van der Waals surface area contributed by atoms with E-state index in [0.29, 0.717) is 16.9 Å². The predicted molar refractivity (Wildman–Crippen MR) is 88.5 cm³/mol. The largest absolute Gasteiger partial charge is 0.462 e. The second kappa shape index (κ2) is 6.34. The van der Waals surface area contributed by atoms with E-state index in [1.54, 1.807) is 25.4 Å². The van der Waals surface area contributed by atoms with Crippen LogP contribution in [0.3, 0.4) is 0 Å². The van der Waals surface area contributed by atoms with Crippen LogP contribution >= 0.6 is 11.3 Å². The second-order valence-corrected chi connectivity index (χ2v) is 6.41. The zero-order chi connectivity index (χ0) is 17.3. The Kier molecular flexibility index (Phi) is 4.23. The van der Waals surface area contributed by atoms with Crippen LogP contribution < -0.4 is 10.5 Å². The van der Waals surface area contributed by atoms with Crippen molar-refractivity contribution in [1.29, 1.82) is 5.26 Å². The molecule has 3 heterocycles. The number of thiophene rings is 1. The molecule has 0 saturated carbocycles. The fourth-order valence-electron chi connectivity index (χ4n) is 2.70. The molecule has 0 spiro atoms. The van der Waals surface area contributed by atoms with E-state index in [1.165, 1.54) is 11.3 Å². The number of hydrogen-bond acceptors (Lipinski definition) is 7. The summed E-state index contributed by atoms with van der Waals surface area (Å²) >= 11 is 1.40. The molecular formula is C17H15N3O3S. The van der Waals surface area contributed by atoms with Crippen molar-refractivity contribution < 1.29 is 14.3 Å². The number of carbonyl (C=O) groups excluding carboxylic acids is 1. The first-order valence-electron chi connectivity index (χ1n) is 7.36. The lowest BCUT2D eigenvalue weighted by molar-refractivity contribution is 0.0522. The lowest BCUT2D eigenvalue weighted by Gasteiger charge is -2.23. The third-order valence-corrected chi connectivity index (χ3v) is 4.86. The van der Waals surface area contributed by atoms with Gasteiger partial charge in [-0.05, 0) is 25.5 Å². The molecule has 2 aromatic heterocycles. The van der Waals surface area contributed by atoms with E-state index < -0.39 is 11.9 Å². The van der Waals surface area contributed by atoms with Gasteiger partial charge in [-0.15, -0.1) is 11.3 Å². The van der Waals surface area contributed by atoms with Gasteiger partial charge in [0.1, 0.15) is 17.2 Å². The number of nitrogens with two attached hydrogens (primary N) is 1. The Morgan fingerprint density at radius 2 is 2.38 bits per heavy atom. The summed E-state index contributed by atoms with van der Waals surface area (Å²) in [7, 11) is 0. The van der Waals surface area contributed by atoms with Gasteiger partial charge in [0.2, 0.25) is 5.88 Å². The molecule has 0 radical (unpaired) electrons. The minimum Gasteiger partial charge on any atom is -0.462 e. The average Bonchev–Trinajstić information content (AvgIpc) is 2.90. The third-order valence-electron chi connectivity index (χ3n) is 3.71. The highest BCUT2D eigenvalue weighted by atomic mass is 32.1. The number of aryl methyl sites for hydroxylation is 1. The third kappa shape index (κ3) is 2.51. The maximum atomic E-state index is 12.3. The van der Waals surface area contributed by atoms with Gasteiger partial charge in [0, 0.05) is 17.3 Å². The summed E-state index contributed by atoms with van der Waals surface area (Å²) in [5.41, 5.74) is 7.45. The first-order chi connectivity index (χ1) is 11.6. The number of nitriles is 1. The van der Waals surface area contributed by atoms with E-state index in [2.05, 4.69) is 11.1 Å². The molecule has 2 N–H and O–H groups in total. The highest BCUT2D eigenvalue weighted by Gasteiger charge is 2.37. The van der Waals surface area contributed by atoms with Crippen LogP contribution in [0.5, 0.6) is 5.75 Å². The van der Waals surface area contributed by atoms with Crippen LogP contribution in [-0.4, -0.2) is 17.6 Å². The number of hydrogen-bond donors (Lipinski definition) is 1. The SMILES string of the molecule is CCOC(=O)c1c(C)sc2c1OC(N)=C(C#N)[C@@H]2c1cccnc1. The average molecular weight is 341 g/mol. The predicted octanol–water partition coefficient (Wildman–Crippen LogP) is 2.85. The number of esters is 1. The zero-order valence-electron chi connectivity index (χ0n) is 13.2. The van der Waals surface area contributed by atoms with E-state index >= 15 is 0 Å². The van der Waals surface area contributed by atoms with Gasteiger partial charge in [0.05, 0.1) is 17.4 Å². The lowest BCUT2D eigenvalue weighted by Crippen LogP contribution is -2.21. The Bertz CT molecular complexity index is 865. The van der Waals surface area contributed by atoms with E-state index in [4.69, 9.17) is 15.2 Å². The van der Waals surface area contributed by atoms with Crippen LogP contribution in [0.2, 0.25) is 0 Å². The van der Waals surface area contributed by atoms with Crippen molar-refractivity contribution in [3.05, 3.63) is 56.9 Å².